The van der Waals surface area contributed by atoms with Crippen LogP contribution in [-0.4, -0.2) is 18.3 Å². The van der Waals surface area contributed by atoms with Crippen molar-refractivity contribution < 1.29 is 9.31 Å². The van der Waals surface area contributed by atoms with E-state index in [0.29, 0.717) is 0 Å². The van der Waals surface area contributed by atoms with E-state index >= 15 is 0 Å². The zero-order valence-electron chi connectivity index (χ0n) is 12.4. The van der Waals surface area contributed by atoms with Crippen LogP contribution in [0.1, 0.15) is 66.2 Å². The highest BCUT2D eigenvalue weighted by atomic mass is 16.7. The first-order valence-corrected chi connectivity index (χ1v) is 7.68. The number of rotatable bonds is 3. The molecule has 0 radical (unpaired) electrons. The first kappa shape index (κ1) is 13.0. The van der Waals surface area contributed by atoms with Crippen LogP contribution in [0.5, 0.6) is 0 Å². The van der Waals surface area contributed by atoms with Gasteiger partial charge in [-0.2, -0.15) is 0 Å². The molecule has 0 bridgehead atoms. The maximum Gasteiger partial charge on any atom is 0.457 e. The summed E-state index contributed by atoms with van der Waals surface area (Å²) in [7, 11) is 0.0212. The smallest absolute Gasteiger partial charge is 0.403 e. The Hall–Kier alpha value is -0.0151. The predicted octanol–water partition coefficient (Wildman–Crippen LogP) is 4.05. The summed E-state index contributed by atoms with van der Waals surface area (Å²) in [5.74, 6) is 0.948. The molecule has 1 heterocycles. The van der Waals surface area contributed by atoms with Crippen LogP contribution in [0.3, 0.4) is 0 Å². The summed E-state index contributed by atoms with van der Waals surface area (Å²) >= 11 is 0. The summed E-state index contributed by atoms with van der Waals surface area (Å²) in [6.45, 7) is 8.55. The molecular formula is C15H27BO2. The van der Waals surface area contributed by atoms with Gasteiger partial charge in [-0.1, -0.05) is 12.8 Å². The average molecular weight is 250 g/mol. The van der Waals surface area contributed by atoms with Crippen molar-refractivity contribution in [2.45, 2.75) is 83.7 Å². The molecule has 3 fully saturated rings. The van der Waals surface area contributed by atoms with E-state index in [9.17, 15) is 0 Å². The van der Waals surface area contributed by atoms with Gasteiger partial charge >= 0.3 is 7.12 Å². The quantitative estimate of drug-likeness (QED) is 0.703. The van der Waals surface area contributed by atoms with Gasteiger partial charge in [0.05, 0.1) is 11.2 Å². The van der Waals surface area contributed by atoms with Crippen LogP contribution in [0.2, 0.25) is 6.32 Å². The summed E-state index contributed by atoms with van der Waals surface area (Å²) in [6, 6.07) is 0. The van der Waals surface area contributed by atoms with Crippen LogP contribution in [0.15, 0.2) is 0 Å². The maximum atomic E-state index is 6.05. The van der Waals surface area contributed by atoms with Crippen LogP contribution >= 0.6 is 0 Å². The fourth-order valence-electron chi connectivity index (χ4n) is 3.91. The lowest BCUT2D eigenvalue weighted by Crippen LogP contribution is -2.42. The molecule has 0 amide bonds. The summed E-state index contributed by atoms with van der Waals surface area (Å²) in [5, 5.41) is 0. The van der Waals surface area contributed by atoms with E-state index in [0.717, 1.165) is 17.7 Å². The Morgan fingerprint density at radius 1 is 1.00 bits per heavy atom. The Bertz CT molecular complexity index is 309. The normalized spacial score (nSPS) is 32.3. The molecule has 0 aromatic carbocycles. The summed E-state index contributed by atoms with van der Waals surface area (Å²) in [6.07, 6.45) is 9.80. The molecule has 2 saturated carbocycles. The SMILES string of the molecule is CC1(C)OB(CCC2CC3(CCC3)C2)OC1(C)C. The first-order chi connectivity index (χ1) is 8.32. The highest BCUT2D eigenvalue weighted by Gasteiger charge is 2.52. The van der Waals surface area contributed by atoms with Gasteiger partial charge in [-0.15, -0.1) is 0 Å². The largest absolute Gasteiger partial charge is 0.457 e. The van der Waals surface area contributed by atoms with Gasteiger partial charge in [0.25, 0.3) is 0 Å². The zero-order chi connectivity index (χ0) is 13.0. The second-order valence-electron chi connectivity index (χ2n) is 7.89. The Morgan fingerprint density at radius 2 is 1.56 bits per heavy atom. The second-order valence-corrected chi connectivity index (χ2v) is 7.89. The Balaban J connectivity index is 1.43. The zero-order valence-corrected chi connectivity index (χ0v) is 12.4. The minimum absolute atomic E-state index is 0.0212. The third-order valence-electron chi connectivity index (χ3n) is 5.97. The minimum atomic E-state index is -0.160. The predicted molar refractivity (Wildman–Crippen MR) is 74.5 cm³/mol. The molecule has 0 unspecified atom stereocenters. The van der Waals surface area contributed by atoms with Crippen molar-refractivity contribution in [3.05, 3.63) is 0 Å². The first-order valence-electron chi connectivity index (χ1n) is 7.68. The molecule has 1 saturated heterocycles. The lowest BCUT2D eigenvalue weighted by atomic mass is 9.50. The molecule has 1 aliphatic heterocycles. The Labute approximate surface area is 112 Å². The van der Waals surface area contributed by atoms with Gasteiger partial charge in [0, 0.05) is 0 Å². The van der Waals surface area contributed by atoms with Crippen LogP contribution in [-0.2, 0) is 9.31 Å². The van der Waals surface area contributed by atoms with Crippen molar-refractivity contribution in [3.8, 4) is 0 Å². The minimum Gasteiger partial charge on any atom is -0.403 e. The molecule has 1 spiro atoms. The van der Waals surface area contributed by atoms with Gasteiger partial charge < -0.3 is 9.31 Å². The van der Waals surface area contributed by atoms with Crippen LogP contribution in [0.4, 0.5) is 0 Å². The van der Waals surface area contributed by atoms with E-state index in [2.05, 4.69) is 27.7 Å². The van der Waals surface area contributed by atoms with E-state index in [-0.39, 0.29) is 18.3 Å². The van der Waals surface area contributed by atoms with E-state index in [1.165, 1.54) is 38.5 Å². The van der Waals surface area contributed by atoms with Crippen LogP contribution in [0, 0.1) is 11.3 Å². The molecule has 3 heteroatoms. The maximum absolute atomic E-state index is 6.05. The Morgan fingerprint density at radius 3 is 2.00 bits per heavy atom. The molecule has 0 aromatic heterocycles. The highest BCUT2D eigenvalue weighted by molar-refractivity contribution is 6.45. The van der Waals surface area contributed by atoms with Gasteiger partial charge in [0.15, 0.2) is 0 Å². The topological polar surface area (TPSA) is 18.5 Å². The van der Waals surface area contributed by atoms with Crippen molar-refractivity contribution in [2.75, 3.05) is 0 Å². The molecule has 102 valence electrons. The van der Waals surface area contributed by atoms with Gasteiger partial charge in [-0.25, -0.2) is 0 Å². The van der Waals surface area contributed by atoms with Gasteiger partial charge in [-0.05, 0) is 71.0 Å². The summed E-state index contributed by atoms with van der Waals surface area (Å²) < 4.78 is 12.1. The third kappa shape index (κ3) is 2.04. The lowest BCUT2D eigenvalue weighted by molar-refractivity contribution is -0.0262. The third-order valence-corrected chi connectivity index (χ3v) is 5.97. The van der Waals surface area contributed by atoms with Gasteiger partial charge in [-0.3, -0.25) is 0 Å². The molecule has 2 aliphatic carbocycles. The number of hydrogen-bond donors (Lipinski definition) is 0. The van der Waals surface area contributed by atoms with Crippen molar-refractivity contribution in [1.82, 2.24) is 0 Å². The summed E-state index contributed by atoms with van der Waals surface area (Å²) in [5.41, 5.74) is 0.486. The molecule has 0 aromatic rings. The van der Waals surface area contributed by atoms with Crippen molar-refractivity contribution in [1.29, 1.82) is 0 Å². The molecule has 0 atom stereocenters. The molecular weight excluding hydrogens is 223 g/mol. The average Bonchev–Trinajstić information content (AvgIpc) is 2.30. The van der Waals surface area contributed by atoms with E-state index in [1.54, 1.807) is 0 Å². The van der Waals surface area contributed by atoms with Crippen molar-refractivity contribution in [3.63, 3.8) is 0 Å². The molecule has 3 rings (SSSR count). The monoisotopic (exact) mass is 250 g/mol. The van der Waals surface area contributed by atoms with Crippen LogP contribution < -0.4 is 0 Å². The molecule has 3 aliphatic rings. The van der Waals surface area contributed by atoms with Crippen molar-refractivity contribution >= 4 is 7.12 Å². The van der Waals surface area contributed by atoms with Gasteiger partial charge in [0.1, 0.15) is 0 Å². The second kappa shape index (κ2) is 3.99. The standard InChI is InChI=1S/C15H27BO2/c1-13(2)14(3,4)18-16(17-13)9-6-12-10-15(11-12)7-5-8-15/h12H,5-11H2,1-4H3. The number of hydrogen-bond acceptors (Lipinski definition) is 2. The lowest BCUT2D eigenvalue weighted by Gasteiger charge is -2.54. The highest BCUT2D eigenvalue weighted by Crippen LogP contribution is 2.59. The molecule has 18 heavy (non-hydrogen) atoms. The van der Waals surface area contributed by atoms with E-state index < -0.39 is 0 Å². The van der Waals surface area contributed by atoms with E-state index in [4.69, 9.17) is 9.31 Å². The van der Waals surface area contributed by atoms with Crippen molar-refractivity contribution in [2.24, 2.45) is 11.3 Å². The molecule has 2 nitrogen and oxygen atoms in total. The summed E-state index contributed by atoms with van der Waals surface area (Å²) in [4.78, 5) is 0. The van der Waals surface area contributed by atoms with E-state index in [1.807, 2.05) is 0 Å². The fraction of sp³-hybridized carbons (Fsp3) is 1.00. The fourth-order valence-corrected chi connectivity index (χ4v) is 3.91. The van der Waals surface area contributed by atoms with Crippen LogP contribution in [0.25, 0.3) is 0 Å². The molecule has 0 N–H and O–H groups in total. The Kier molecular flexibility index (Phi) is 2.88. The van der Waals surface area contributed by atoms with Gasteiger partial charge in [0.2, 0.25) is 0 Å².